The van der Waals surface area contributed by atoms with Crippen molar-refractivity contribution in [3.63, 3.8) is 0 Å². The van der Waals surface area contributed by atoms with E-state index in [4.69, 9.17) is 10.9 Å². The first-order chi connectivity index (χ1) is 8.93. The summed E-state index contributed by atoms with van der Waals surface area (Å²) in [7, 11) is 0. The minimum absolute atomic E-state index is 0.117. The van der Waals surface area contributed by atoms with Crippen LogP contribution in [0.25, 0.3) is 0 Å². The normalized spacial score (nSPS) is 19.5. The summed E-state index contributed by atoms with van der Waals surface area (Å²) in [5.74, 6) is 0.939. The first kappa shape index (κ1) is 13.6. The van der Waals surface area contributed by atoms with Crippen LogP contribution >= 0.6 is 0 Å². The van der Waals surface area contributed by atoms with E-state index >= 15 is 0 Å². The van der Waals surface area contributed by atoms with Crippen LogP contribution < -0.4 is 10.6 Å². The lowest BCUT2D eigenvalue weighted by Gasteiger charge is -2.39. The number of aromatic nitrogens is 1. The Morgan fingerprint density at radius 1 is 1.47 bits per heavy atom. The molecule has 1 fully saturated rings. The molecule has 0 spiro atoms. The molecule has 0 saturated carbocycles. The van der Waals surface area contributed by atoms with Crippen molar-refractivity contribution in [1.29, 1.82) is 0 Å². The van der Waals surface area contributed by atoms with E-state index in [1.807, 2.05) is 19.1 Å². The molecule has 2 heterocycles. The van der Waals surface area contributed by atoms with E-state index in [0.29, 0.717) is 5.56 Å². The largest absolute Gasteiger partial charge is 0.409 e. The molecule has 1 aromatic rings. The summed E-state index contributed by atoms with van der Waals surface area (Å²) in [5.41, 5.74) is 7.66. The average molecular weight is 262 g/mol. The Balaban J connectivity index is 2.40. The van der Waals surface area contributed by atoms with E-state index in [9.17, 15) is 0 Å². The monoisotopic (exact) mass is 262 g/mol. The number of nitrogens with zero attached hydrogens (tertiary/aromatic N) is 3. The van der Waals surface area contributed by atoms with E-state index in [2.05, 4.69) is 28.9 Å². The third kappa shape index (κ3) is 2.97. The molecule has 5 heteroatoms. The Labute approximate surface area is 114 Å². The fourth-order valence-corrected chi connectivity index (χ4v) is 2.64. The molecule has 0 aliphatic carbocycles. The van der Waals surface area contributed by atoms with Gasteiger partial charge in [-0.2, -0.15) is 0 Å². The molecule has 1 aromatic heterocycles. The Bertz CT molecular complexity index is 496. The number of piperidine rings is 1. The van der Waals surface area contributed by atoms with Gasteiger partial charge in [-0.25, -0.2) is 4.98 Å². The number of rotatable bonds is 2. The van der Waals surface area contributed by atoms with E-state index in [1.54, 1.807) is 0 Å². The number of nitrogens with two attached hydrogens (primary N) is 1. The number of oxime groups is 1. The molecular formula is C14H22N4O. The minimum Gasteiger partial charge on any atom is -0.409 e. The molecule has 0 unspecified atom stereocenters. The molecule has 5 nitrogen and oxygen atoms in total. The van der Waals surface area contributed by atoms with Gasteiger partial charge in [0.2, 0.25) is 0 Å². The van der Waals surface area contributed by atoms with Gasteiger partial charge in [-0.3, -0.25) is 0 Å². The maximum atomic E-state index is 8.90. The Morgan fingerprint density at radius 3 is 2.84 bits per heavy atom. The van der Waals surface area contributed by atoms with Crippen molar-refractivity contribution in [3.05, 3.63) is 23.4 Å². The first-order valence-electron chi connectivity index (χ1n) is 6.63. The topological polar surface area (TPSA) is 74.7 Å². The quantitative estimate of drug-likeness (QED) is 0.370. The number of pyridine rings is 1. The second kappa shape index (κ2) is 5.07. The summed E-state index contributed by atoms with van der Waals surface area (Å²) in [6.45, 7) is 8.38. The van der Waals surface area contributed by atoms with Crippen molar-refractivity contribution in [2.45, 2.75) is 33.6 Å². The van der Waals surface area contributed by atoms with Gasteiger partial charge in [0, 0.05) is 18.8 Å². The molecule has 104 valence electrons. The van der Waals surface area contributed by atoms with Crippen molar-refractivity contribution in [3.8, 4) is 0 Å². The van der Waals surface area contributed by atoms with Crippen LogP contribution in [-0.2, 0) is 0 Å². The molecule has 0 bridgehead atoms. The molecule has 0 radical (unpaired) electrons. The zero-order valence-electron chi connectivity index (χ0n) is 11.8. The van der Waals surface area contributed by atoms with Crippen LogP contribution in [0.5, 0.6) is 0 Å². The van der Waals surface area contributed by atoms with Gasteiger partial charge in [0.25, 0.3) is 0 Å². The lowest BCUT2D eigenvalue weighted by atomic mass is 9.84. The Kier molecular flexibility index (Phi) is 3.64. The summed E-state index contributed by atoms with van der Waals surface area (Å²) in [6, 6.07) is 3.75. The second-order valence-electron chi connectivity index (χ2n) is 6.00. The summed E-state index contributed by atoms with van der Waals surface area (Å²) in [5, 5.41) is 12.0. The summed E-state index contributed by atoms with van der Waals surface area (Å²) in [6.07, 6.45) is 2.35. The lowest BCUT2D eigenvalue weighted by Crippen LogP contribution is -2.41. The standard InChI is InChI=1S/C14H22N4O/c1-10-5-6-11(12(15)17-19)13(16-10)18-8-4-7-14(2,3)9-18/h5-6,19H,4,7-9H2,1-3H3,(H2,15,17). The maximum Gasteiger partial charge on any atom is 0.173 e. The molecular weight excluding hydrogens is 240 g/mol. The van der Waals surface area contributed by atoms with Crippen LogP contribution in [0.3, 0.4) is 0 Å². The molecule has 0 aromatic carbocycles. The molecule has 1 aliphatic heterocycles. The number of aryl methyl sites for hydroxylation is 1. The second-order valence-corrected chi connectivity index (χ2v) is 6.00. The highest BCUT2D eigenvalue weighted by molar-refractivity contribution is 6.01. The molecule has 3 N–H and O–H groups in total. The first-order valence-corrected chi connectivity index (χ1v) is 6.63. The highest BCUT2D eigenvalue weighted by Crippen LogP contribution is 2.32. The van der Waals surface area contributed by atoms with Crippen LogP contribution in [0.4, 0.5) is 5.82 Å². The minimum atomic E-state index is 0.117. The molecule has 1 saturated heterocycles. The van der Waals surface area contributed by atoms with Crippen LogP contribution in [-0.4, -0.2) is 29.1 Å². The molecule has 0 atom stereocenters. The van der Waals surface area contributed by atoms with Crippen LogP contribution in [0.15, 0.2) is 17.3 Å². The third-order valence-electron chi connectivity index (χ3n) is 3.60. The van der Waals surface area contributed by atoms with Crippen LogP contribution in [0.2, 0.25) is 0 Å². The van der Waals surface area contributed by atoms with Gasteiger partial charge >= 0.3 is 0 Å². The van der Waals surface area contributed by atoms with Crippen molar-refractivity contribution in [1.82, 2.24) is 4.98 Å². The van der Waals surface area contributed by atoms with Crippen molar-refractivity contribution < 1.29 is 5.21 Å². The highest BCUT2D eigenvalue weighted by atomic mass is 16.4. The van der Waals surface area contributed by atoms with E-state index in [1.165, 1.54) is 6.42 Å². The Hall–Kier alpha value is -1.78. The van der Waals surface area contributed by atoms with Gasteiger partial charge < -0.3 is 15.8 Å². The zero-order valence-corrected chi connectivity index (χ0v) is 11.8. The summed E-state index contributed by atoms with van der Waals surface area (Å²) in [4.78, 5) is 6.83. The summed E-state index contributed by atoms with van der Waals surface area (Å²) >= 11 is 0. The van der Waals surface area contributed by atoms with Gasteiger partial charge in [0.05, 0.1) is 5.56 Å². The van der Waals surface area contributed by atoms with Gasteiger partial charge in [-0.15, -0.1) is 0 Å². The average Bonchev–Trinajstić information content (AvgIpc) is 2.36. The zero-order chi connectivity index (χ0) is 14.0. The number of amidine groups is 1. The van der Waals surface area contributed by atoms with E-state index in [0.717, 1.165) is 31.0 Å². The van der Waals surface area contributed by atoms with Crippen molar-refractivity contribution >= 4 is 11.7 Å². The SMILES string of the molecule is Cc1ccc(C(N)=NO)c(N2CCCC(C)(C)C2)n1. The lowest BCUT2D eigenvalue weighted by molar-refractivity contribution is 0.292. The van der Waals surface area contributed by atoms with Crippen LogP contribution in [0.1, 0.15) is 37.9 Å². The maximum absolute atomic E-state index is 8.90. The fourth-order valence-electron chi connectivity index (χ4n) is 2.64. The van der Waals surface area contributed by atoms with Crippen molar-refractivity contribution in [2.24, 2.45) is 16.3 Å². The molecule has 2 rings (SSSR count). The van der Waals surface area contributed by atoms with Gasteiger partial charge in [-0.1, -0.05) is 19.0 Å². The number of hydrogen-bond donors (Lipinski definition) is 2. The van der Waals surface area contributed by atoms with Crippen LogP contribution in [0, 0.1) is 12.3 Å². The van der Waals surface area contributed by atoms with Gasteiger partial charge in [-0.05, 0) is 37.3 Å². The number of hydrogen-bond acceptors (Lipinski definition) is 4. The fraction of sp³-hybridized carbons (Fsp3) is 0.571. The van der Waals surface area contributed by atoms with E-state index < -0.39 is 0 Å². The summed E-state index contributed by atoms with van der Waals surface area (Å²) < 4.78 is 0. The predicted molar refractivity (Wildman–Crippen MR) is 76.7 cm³/mol. The van der Waals surface area contributed by atoms with Gasteiger partial charge in [0.1, 0.15) is 5.82 Å². The third-order valence-corrected chi connectivity index (χ3v) is 3.60. The van der Waals surface area contributed by atoms with Gasteiger partial charge in [0.15, 0.2) is 5.84 Å². The Morgan fingerprint density at radius 2 is 2.21 bits per heavy atom. The molecule has 1 aliphatic rings. The molecule has 19 heavy (non-hydrogen) atoms. The predicted octanol–water partition coefficient (Wildman–Crippen LogP) is 2.11. The number of anilines is 1. The van der Waals surface area contributed by atoms with E-state index in [-0.39, 0.29) is 11.3 Å². The highest BCUT2D eigenvalue weighted by Gasteiger charge is 2.28. The van der Waals surface area contributed by atoms with Crippen molar-refractivity contribution in [2.75, 3.05) is 18.0 Å². The smallest absolute Gasteiger partial charge is 0.173 e. The molecule has 0 amide bonds.